The second-order valence-corrected chi connectivity index (χ2v) is 6.28. The van der Waals surface area contributed by atoms with Crippen molar-refractivity contribution in [3.05, 3.63) is 0 Å². The summed E-state index contributed by atoms with van der Waals surface area (Å²) in [5.74, 6) is -0.752. The zero-order valence-corrected chi connectivity index (χ0v) is 12.0. The second-order valence-electron chi connectivity index (χ2n) is 3.47. The summed E-state index contributed by atoms with van der Waals surface area (Å²) in [6.07, 6.45) is 2.11. The summed E-state index contributed by atoms with van der Waals surface area (Å²) in [6.45, 7) is 4.09. The molecule has 0 saturated carbocycles. The van der Waals surface area contributed by atoms with Crippen molar-refractivity contribution >= 4 is 27.9 Å². The molecule has 102 valence electrons. The van der Waals surface area contributed by atoms with Crippen LogP contribution in [0, 0.1) is 0 Å². The fourth-order valence-corrected chi connectivity index (χ4v) is 3.41. The van der Waals surface area contributed by atoms with Crippen molar-refractivity contribution in [2.24, 2.45) is 0 Å². The number of hydrogen-bond acceptors (Lipinski definition) is 5. The largest absolute Gasteiger partial charge is 0.544 e. The standard InChI is InChI=1S/C9H20N2O4S2/c1-4-11(5-2)17(14,15)10-8(9(12)13)6-7-16-3/h8,10H,4-7H2,1-3H3,(H,12,13)/t8-/m0/s1. The van der Waals surface area contributed by atoms with Gasteiger partial charge in [0.05, 0.1) is 0 Å². The molecule has 0 aliphatic rings. The third kappa shape index (κ3) is 5.71. The van der Waals surface area contributed by atoms with Crippen molar-refractivity contribution < 1.29 is 23.0 Å². The minimum Gasteiger partial charge on any atom is -0.544 e. The van der Waals surface area contributed by atoms with Crippen molar-refractivity contribution in [1.82, 2.24) is 4.31 Å². The van der Waals surface area contributed by atoms with Crippen LogP contribution in [0.15, 0.2) is 0 Å². The van der Waals surface area contributed by atoms with Gasteiger partial charge in [0, 0.05) is 19.5 Å². The molecule has 0 spiro atoms. The van der Waals surface area contributed by atoms with E-state index in [1.807, 2.05) is 6.26 Å². The first-order valence-electron chi connectivity index (χ1n) is 5.43. The molecule has 0 saturated heterocycles. The predicted octanol–water partition coefficient (Wildman–Crippen LogP) is -1.99. The molecule has 2 N–H and O–H groups in total. The fourth-order valence-electron chi connectivity index (χ4n) is 1.36. The molecule has 0 rings (SSSR count). The Morgan fingerprint density at radius 2 is 1.94 bits per heavy atom. The van der Waals surface area contributed by atoms with Crippen LogP contribution in [-0.4, -0.2) is 49.8 Å². The lowest BCUT2D eigenvalue weighted by Crippen LogP contribution is -2.97. The normalized spacial score (nSPS) is 13.9. The number of rotatable bonds is 9. The average Bonchev–Trinajstić information content (AvgIpc) is 2.25. The quantitative estimate of drug-likeness (QED) is 0.529. The minimum atomic E-state index is -3.62. The van der Waals surface area contributed by atoms with Gasteiger partial charge < -0.3 is 9.90 Å². The van der Waals surface area contributed by atoms with Gasteiger partial charge in [-0.3, -0.25) is 0 Å². The van der Waals surface area contributed by atoms with Crippen LogP contribution in [0.5, 0.6) is 0 Å². The molecule has 0 aromatic heterocycles. The summed E-state index contributed by atoms with van der Waals surface area (Å²) in [5.41, 5.74) is 0. The molecule has 0 aromatic carbocycles. The molecule has 0 bridgehead atoms. The van der Waals surface area contributed by atoms with Gasteiger partial charge in [0.25, 0.3) is 0 Å². The highest BCUT2D eigenvalue weighted by Crippen LogP contribution is 1.99. The average molecular weight is 284 g/mol. The van der Waals surface area contributed by atoms with E-state index < -0.39 is 22.2 Å². The van der Waals surface area contributed by atoms with E-state index in [-0.39, 0.29) is 6.42 Å². The van der Waals surface area contributed by atoms with Gasteiger partial charge in [0.2, 0.25) is 0 Å². The maximum absolute atomic E-state index is 11.8. The Balaban J connectivity index is 4.68. The zero-order chi connectivity index (χ0) is 13.5. The Hall–Kier alpha value is -0.310. The van der Waals surface area contributed by atoms with Crippen LogP contribution in [0.25, 0.3) is 0 Å². The first kappa shape index (κ1) is 16.7. The molecule has 6 nitrogen and oxygen atoms in total. The van der Waals surface area contributed by atoms with Gasteiger partial charge in [0.15, 0.2) is 0 Å². The smallest absolute Gasteiger partial charge is 0.369 e. The summed E-state index contributed by atoms with van der Waals surface area (Å²) in [7, 11) is -3.62. The number of carboxylic acids is 1. The molecular weight excluding hydrogens is 264 g/mol. The summed E-state index contributed by atoms with van der Waals surface area (Å²) in [6, 6.07) is -1.05. The third-order valence-corrected chi connectivity index (χ3v) is 4.89. The fraction of sp³-hybridized carbons (Fsp3) is 0.889. The first-order valence-corrected chi connectivity index (χ1v) is 8.33. The van der Waals surface area contributed by atoms with Crippen LogP contribution < -0.4 is 9.83 Å². The van der Waals surface area contributed by atoms with E-state index in [0.717, 1.165) is 4.72 Å². The predicted molar refractivity (Wildman–Crippen MR) is 65.6 cm³/mol. The van der Waals surface area contributed by atoms with Gasteiger partial charge in [-0.25, -0.2) is 4.72 Å². The van der Waals surface area contributed by atoms with Crippen LogP contribution in [0.3, 0.4) is 0 Å². The van der Waals surface area contributed by atoms with Crippen molar-refractivity contribution in [3.8, 4) is 0 Å². The zero-order valence-electron chi connectivity index (χ0n) is 10.4. The van der Waals surface area contributed by atoms with Crippen molar-refractivity contribution in [3.63, 3.8) is 0 Å². The van der Waals surface area contributed by atoms with Gasteiger partial charge in [0.1, 0.15) is 12.0 Å². The Bertz CT molecular complexity index is 328. The first-order chi connectivity index (χ1) is 7.88. The van der Waals surface area contributed by atoms with Crippen LogP contribution >= 0.6 is 11.8 Å². The highest BCUT2D eigenvalue weighted by molar-refractivity contribution is 7.98. The van der Waals surface area contributed by atoms with E-state index in [4.69, 9.17) is 0 Å². The molecular formula is C9H20N2O4S2. The number of thioether (sulfide) groups is 1. The number of nitrogens with two attached hydrogens (primary N) is 1. The summed E-state index contributed by atoms with van der Waals surface area (Å²) >= 11 is 1.47. The van der Waals surface area contributed by atoms with E-state index >= 15 is 0 Å². The lowest BCUT2D eigenvalue weighted by molar-refractivity contribution is -0.544. The Morgan fingerprint density at radius 1 is 1.41 bits per heavy atom. The lowest BCUT2D eigenvalue weighted by atomic mass is 10.2. The van der Waals surface area contributed by atoms with Gasteiger partial charge in [-0.2, -0.15) is 24.5 Å². The Morgan fingerprint density at radius 3 is 2.29 bits per heavy atom. The summed E-state index contributed by atoms with van der Waals surface area (Å²) in [5, 5.41) is 10.8. The summed E-state index contributed by atoms with van der Waals surface area (Å²) in [4.78, 5) is 10.8. The van der Waals surface area contributed by atoms with E-state index in [1.54, 1.807) is 13.8 Å². The number of aliphatic carboxylic acids is 1. The van der Waals surface area contributed by atoms with Gasteiger partial charge in [-0.1, -0.05) is 13.8 Å². The molecule has 8 heteroatoms. The Kier molecular flexibility index (Phi) is 7.77. The second kappa shape index (κ2) is 7.91. The topological polar surface area (TPSA) is 94.1 Å². The van der Waals surface area contributed by atoms with Crippen molar-refractivity contribution in [1.29, 1.82) is 0 Å². The highest BCUT2D eigenvalue weighted by Gasteiger charge is 2.27. The van der Waals surface area contributed by atoms with Gasteiger partial charge >= 0.3 is 10.2 Å². The SMILES string of the molecule is CCN(CC)S(=O)(=O)[NH2+][C@@H](CCSC)C(=O)[O-]. The van der Waals surface area contributed by atoms with Crippen LogP contribution in [0.4, 0.5) is 0 Å². The maximum Gasteiger partial charge on any atom is 0.369 e. The monoisotopic (exact) mass is 284 g/mol. The number of carbonyl (C=O) groups is 1. The molecule has 17 heavy (non-hydrogen) atoms. The molecule has 1 atom stereocenters. The number of quaternary nitrogens is 1. The third-order valence-electron chi connectivity index (χ3n) is 2.34. The van der Waals surface area contributed by atoms with E-state index in [2.05, 4.69) is 0 Å². The lowest BCUT2D eigenvalue weighted by Gasteiger charge is -2.21. The van der Waals surface area contributed by atoms with Crippen molar-refractivity contribution in [2.45, 2.75) is 26.3 Å². The number of carboxylic acid groups (broad SMARTS) is 1. The van der Waals surface area contributed by atoms with Crippen LogP contribution in [0.1, 0.15) is 20.3 Å². The molecule has 0 unspecified atom stereocenters. The maximum atomic E-state index is 11.8. The molecule has 0 heterocycles. The van der Waals surface area contributed by atoms with Gasteiger partial charge in [-0.15, -0.1) is 0 Å². The molecule has 0 aliphatic heterocycles. The van der Waals surface area contributed by atoms with E-state index in [1.165, 1.54) is 16.1 Å². The number of carbonyl (C=O) groups excluding carboxylic acids is 1. The minimum absolute atomic E-state index is 0.268. The number of hydrogen-bond donors (Lipinski definition) is 1. The van der Waals surface area contributed by atoms with Crippen LogP contribution in [-0.2, 0) is 15.0 Å². The van der Waals surface area contributed by atoms with Crippen LogP contribution in [0.2, 0.25) is 0 Å². The van der Waals surface area contributed by atoms with Crippen molar-refractivity contribution in [2.75, 3.05) is 25.1 Å². The van der Waals surface area contributed by atoms with E-state index in [0.29, 0.717) is 18.8 Å². The number of nitrogens with zero attached hydrogens (tertiary/aromatic N) is 1. The molecule has 0 radical (unpaired) electrons. The molecule has 0 aromatic rings. The Labute approximate surface area is 107 Å². The van der Waals surface area contributed by atoms with E-state index in [9.17, 15) is 18.3 Å². The molecule has 0 amide bonds. The molecule has 0 fully saturated rings. The van der Waals surface area contributed by atoms with Gasteiger partial charge in [-0.05, 0) is 12.0 Å². The highest BCUT2D eigenvalue weighted by atomic mass is 32.2. The molecule has 0 aliphatic carbocycles. The summed E-state index contributed by atoms with van der Waals surface area (Å²) < 4.78 is 25.8.